The van der Waals surface area contributed by atoms with Gasteiger partial charge in [0.05, 0.1) is 20.3 Å². The first-order valence-electron chi connectivity index (χ1n) is 9.69. The monoisotopic (exact) mass is 385 g/mol. The molecule has 1 N–H and O–H groups in total. The molecule has 0 aromatic heterocycles. The van der Waals surface area contributed by atoms with E-state index in [0.29, 0.717) is 17.4 Å². The van der Waals surface area contributed by atoms with Crippen LogP contribution in [0.15, 0.2) is 42.5 Å². The second kappa shape index (κ2) is 10.0. The molecule has 2 rings (SSSR count). The summed E-state index contributed by atoms with van der Waals surface area (Å²) in [4.78, 5) is 12.8. The fourth-order valence-electron chi connectivity index (χ4n) is 3.09. The molecule has 0 radical (unpaired) electrons. The number of rotatable bonds is 9. The standard InChI is InChI=1S/C23H31NO4/c1-7-19(17-12-13-21(26-5)22(14-17)27-6)24-23(25)16(4)28-20-11-9-8-10-18(20)15(2)3/h8-16,19H,7H2,1-6H3,(H,24,25). The maximum absolute atomic E-state index is 12.8. The summed E-state index contributed by atoms with van der Waals surface area (Å²) in [6, 6.07) is 13.4. The fourth-order valence-corrected chi connectivity index (χ4v) is 3.09. The van der Waals surface area contributed by atoms with Crippen LogP contribution >= 0.6 is 0 Å². The van der Waals surface area contributed by atoms with E-state index in [1.807, 2.05) is 49.4 Å². The molecule has 2 atom stereocenters. The van der Waals surface area contributed by atoms with E-state index in [4.69, 9.17) is 14.2 Å². The molecule has 0 saturated heterocycles. The van der Waals surface area contributed by atoms with Gasteiger partial charge in [-0.1, -0.05) is 45.0 Å². The molecule has 0 aliphatic rings. The van der Waals surface area contributed by atoms with Crippen molar-refractivity contribution in [2.24, 2.45) is 0 Å². The molecule has 0 spiro atoms. The van der Waals surface area contributed by atoms with Gasteiger partial charge in [-0.25, -0.2) is 0 Å². The van der Waals surface area contributed by atoms with E-state index in [1.54, 1.807) is 21.1 Å². The van der Waals surface area contributed by atoms with Gasteiger partial charge in [-0.3, -0.25) is 4.79 Å². The lowest BCUT2D eigenvalue weighted by molar-refractivity contribution is -0.128. The van der Waals surface area contributed by atoms with Crippen LogP contribution in [0.1, 0.15) is 57.2 Å². The van der Waals surface area contributed by atoms with Gasteiger partial charge in [0.25, 0.3) is 5.91 Å². The van der Waals surface area contributed by atoms with Gasteiger partial charge in [-0.05, 0) is 48.6 Å². The van der Waals surface area contributed by atoms with Crippen molar-refractivity contribution in [1.82, 2.24) is 5.32 Å². The first-order valence-corrected chi connectivity index (χ1v) is 9.69. The number of hydrogen-bond donors (Lipinski definition) is 1. The molecule has 5 heteroatoms. The van der Waals surface area contributed by atoms with Crippen LogP contribution in [0, 0.1) is 0 Å². The lowest BCUT2D eigenvalue weighted by Gasteiger charge is -2.23. The molecule has 0 aliphatic carbocycles. The van der Waals surface area contributed by atoms with Crippen molar-refractivity contribution < 1.29 is 19.0 Å². The van der Waals surface area contributed by atoms with E-state index in [1.165, 1.54) is 0 Å². The minimum absolute atomic E-state index is 0.140. The summed E-state index contributed by atoms with van der Waals surface area (Å²) in [6.07, 6.45) is 0.144. The summed E-state index contributed by atoms with van der Waals surface area (Å²) in [6.45, 7) is 8.02. The highest BCUT2D eigenvalue weighted by molar-refractivity contribution is 5.81. The number of carbonyl (C=O) groups is 1. The smallest absolute Gasteiger partial charge is 0.261 e. The van der Waals surface area contributed by atoms with E-state index in [9.17, 15) is 4.79 Å². The first-order chi connectivity index (χ1) is 13.4. The van der Waals surface area contributed by atoms with Gasteiger partial charge in [0.1, 0.15) is 5.75 Å². The van der Waals surface area contributed by atoms with Crippen LogP contribution in [-0.4, -0.2) is 26.2 Å². The third-order valence-electron chi connectivity index (χ3n) is 4.75. The summed E-state index contributed by atoms with van der Waals surface area (Å²) in [5, 5.41) is 3.08. The Kier molecular flexibility index (Phi) is 7.73. The lowest BCUT2D eigenvalue weighted by atomic mass is 10.0. The molecule has 2 aromatic rings. The van der Waals surface area contributed by atoms with Gasteiger partial charge in [0, 0.05) is 0 Å². The molecule has 0 bridgehead atoms. The van der Waals surface area contributed by atoms with Crippen LogP contribution in [0.25, 0.3) is 0 Å². The molecule has 2 unspecified atom stereocenters. The molecular formula is C23H31NO4. The van der Waals surface area contributed by atoms with Gasteiger partial charge in [0.2, 0.25) is 0 Å². The zero-order chi connectivity index (χ0) is 20.7. The predicted molar refractivity (Wildman–Crippen MR) is 111 cm³/mol. The molecule has 28 heavy (non-hydrogen) atoms. The van der Waals surface area contributed by atoms with Crippen LogP contribution in [0.3, 0.4) is 0 Å². The minimum atomic E-state index is -0.603. The Hall–Kier alpha value is -2.69. The second-order valence-electron chi connectivity index (χ2n) is 7.04. The van der Waals surface area contributed by atoms with Gasteiger partial charge in [-0.15, -0.1) is 0 Å². The first kappa shape index (κ1) is 21.6. The Morgan fingerprint density at radius 3 is 2.25 bits per heavy atom. The Labute approximate surface area is 168 Å². The number of amides is 1. The van der Waals surface area contributed by atoms with Crippen molar-refractivity contribution in [2.75, 3.05) is 14.2 Å². The van der Waals surface area contributed by atoms with E-state index >= 15 is 0 Å². The molecule has 0 saturated carbocycles. The molecule has 0 aliphatic heterocycles. The largest absolute Gasteiger partial charge is 0.493 e. The molecule has 2 aromatic carbocycles. The summed E-state index contributed by atoms with van der Waals surface area (Å²) >= 11 is 0. The normalized spacial score (nSPS) is 13.0. The van der Waals surface area contributed by atoms with Crippen molar-refractivity contribution in [3.05, 3.63) is 53.6 Å². The average Bonchev–Trinajstić information content (AvgIpc) is 2.71. The second-order valence-corrected chi connectivity index (χ2v) is 7.04. The third-order valence-corrected chi connectivity index (χ3v) is 4.75. The third kappa shape index (κ3) is 5.18. The van der Waals surface area contributed by atoms with Crippen molar-refractivity contribution in [1.29, 1.82) is 0 Å². The predicted octanol–water partition coefficient (Wildman–Crippen LogP) is 4.86. The Bertz CT molecular complexity index is 788. The van der Waals surface area contributed by atoms with Gasteiger partial charge in [0.15, 0.2) is 17.6 Å². The number of ether oxygens (including phenoxy) is 3. The molecule has 0 fully saturated rings. The molecule has 0 heterocycles. The van der Waals surface area contributed by atoms with Crippen molar-refractivity contribution >= 4 is 5.91 Å². The number of para-hydroxylation sites is 1. The highest BCUT2D eigenvalue weighted by atomic mass is 16.5. The Morgan fingerprint density at radius 2 is 1.64 bits per heavy atom. The molecule has 1 amide bonds. The average molecular weight is 386 g/mol. The van der Waals surface area contributed by atoms with Crippen LogP contribution in [-0.2, 0) is 4.79 Å². The Morgan fingerprint density at radius 1 is 0.964 bits per heavy atom. The number of benzene rings is 2. The van der Waals surface area contributed by atoms with Gasteiger partial charge in [-0.2, -0.15) is 0 Å². The van der Waals surface area contributed by atoms with Crippen molar-refractivity contribution in [2.45, 2.75) is 52.2 Å². The topological polar surface area (TPSA) is 56.8 Å². The number of nitrogens with one attached hydrogen (secondary N) is 1. The Balaban J connectivity index is 2.11. The number of carbonyl (C=O) groups excluding carboxylic acids is 1. The fraction of sp³-hybridized carbons (Fsp3) is 0.435. The van der Waals surface area contributed by atoms with Gasteiger partial charge >= 0.3 is 0 Å². The van der Waals surface area contributed by atoms with E-state index < -0.39 is 6.10 Å². The van der Waals surface area contributed by atoms with Crippen LogP contribution < -0.4 is 19.5 Å². The number of hydrogen-bond acceptors (Lipinski definition) is 4. The maximum Gasteiger partial charge on any atom is 0.261 e. The van der Waals surface area contributed by atoms with Gasteiger partial charge < -0.3 is 19.5 Å². The quantitative estimate of drug-likeness (QED) is 0.670. The molecule has 5 nitrogen and oxygen atoms in total. The van der Waals surface area contributed by atoms with E-state index in [2.05, 4.69) is 19.2 Å². The van der Waals surface area contributed by atoms with E-state index in [-0.39, 0.29) is 11.9 Å². The van der Waals surface area contributed by atoms with E-state index in [0.717, 1.165) is 23.3 Å². The molecular weight excluding hydrogens is 354 g/mol. The van der Waals surface area contributed by atoms with Crippen LogP contribution in [0.4, 0.5) is 0 Å². The number of methoxy groups -OCH3 is 2. The van der Waals surface area contributed by atoms with Crippen molar-refractivity contribution in [3.63, 3.8) is 0 Å². The highest BCUT2D eigenvalue weighted by Gasteiger charge is 2.21. The summed E-state index contributed by atoms with van der Waals surface area (Å²) in [5.74, 6) is 2.22. The summed E-state index contributed by atoms with van der Waals surface area (Å²) in [7, 11) is 3.20. The summed E-state index contributed by atoms with van der Waals surface area (Å²) in [5.41, 5.74) is 2.05. The SMILES string of the molecule is CCC(NC(=O)C(C)Oc1ccccc1C(C)C)c1ccc(OC)c(OC)c1. The van der Waals surface area contributed by atoms with Crippen LogP contribution in [0.2, 0.25) is 0 Å². The minimum Gasteiger partial charge on any atom is -0.493 e. The maximum atomic E-state index is 12.8. The van der Waals surface area contributed by atoms with Crippen molar-refractivity contribution in [3.8, 4) is 17.2 Å². The van der Waals surface area contributed by atoms with Crippen LogP contribution in [0.5, 0.6) is 17.2 Å². The highest BCUT2D eigenvalue weighted by Crippen LogP contribution is 2.31. The lowest BCUT2D eigenvalue weighted by Crippen LogP contribution is -2.38. The zero-order valence-corrected chi connectivity index (χ0v) is 17.6. The zero-order valence-electron chi connectivity index (χ0n) is 17.6. The molecule has 152 valence electrons. The summed E-state index contributed by atoms with van der Waals surface area (Å²) < 4.78 is 16.6.